The van der Waals surface area contributed by atoms with Gasteiger partial charge in [0.05, 0.1) is 12.9 Å². The van der Waals surface area contributed by atoms with Crippen LogP contribution in [0.3, 0.4) is 0 Å². The molecule has 102 valence electrons. The van der Waals surface area contributed by atoms with Gasteiger partial charge in [-0.15, -0.1) is 0 Å². The zero-order chi connectivity index (χ0) is 13.7. The van der Waals surface area contributed by atoms with Gasteiger partial charge in [-0.05, 0) is 24.1 Å². The fraction of sp³-hybridized carbons (Fsp3) is 0.429. The smallest absolute Gasteiger partial charge is 0.127 e. The quantitative estimate of drug-likeness (QED) is 0.869. The van der Waals surface area contributed by atoms with Crippen LogP contribution >= 0.6 is 0 Å². The van der Waals surface area contributed by atoms with Gasteiger partial charge >= 0.3 is 0 Å². The molecule has 0 bridgehead atoms. The van der Waals surface area contributed by atoms with Crippen molar-refractivity contribution in [1.82, 2.24) is 5.32 Å². The lowest BCUT2D eigenvalue weighted by molar-refractivity contribution is 0.185. The largest absolute Gasteiger partial charge is 0.380 e. The Labute approximate surface area is 113 Å². The van der Waals surface area contributed by atoms with Crippen molar-refractivity contribution in [2.24, 2.45) is 9.98 Å². The van der Waals surface area contributed by atoms with Crippen LogP contribution in [0.5, 0.6) is 0 Å². The number of nitrogens with one attached hydrogen (secondary N) is 2. The standard InChI is InChI=1S/C14H20N4O/c1-10-6-11(8-19-3)4-5-12(10)18-14-7-13(15-2)16-9-17-14/h4-6,9,14,18H,7-8H2,1-3H3,(H,15,16,17). The molecule has 0 aromatic heterocycles. The minimum atomic E-state index is 0.0342. The summed E-state index contributed by atoms with van der Waals surface area (Å²) in [5, 5.41) is 6.45. The minimum absolute atomic E-state index is 0.0342. The van der Waals surface area contributed by atoms with E-state index in [9.17, 15) is 0 Å². The summed E-state index contributed by atoms with van der Waals surface area (Å²) in [6.07, 6.45) is 2.50. The Morgan fingerprint density at radius 1 is 1.53 bits per heavy atom. The van der Waals surface area contributed by atoms with E-state index in [0.717, 1.165) is 17.9 Å². The van der Waals surface area contributed by atoms with Crippen LogP contribution < -0.4 is 10.6 Å². The van der Waals surface area contributed by atoms with Crippen molar-refractivity contribution in [2.45, 2.75) is 26.1 Å². The number of aliphatic imine (C=N–C) groups is 2. The average molecular weight is 260 g/mol. The lowest BCUT2D eigenvalue weighted by Crippen LogP contribution is -2.35. The van der Waals surface area contributed by atoms with Gasteiger partial charge in [-0.3, -0.25) is 9.98 Å². The van der Waals surface area contributed by atoms with E-state index < -0.39 is 0 Å². The fourth-order valence-electron chi connectivity index (χ4n) is 2.06. The Bertz CT molecular complexity index is 496. The summed E-state index contributed by atoms with van der Waals surface area (Å²) in [5.41, 5.74) is 3.47. The average Bonchev–Trinajstić information content (AvgIpc) is 2.42. The van der Waals surface area contributed by atoms with Crippen molar-refractivity contribution < 1.29 is 4.74 Å². The molecular weight excluding hydrogens is 240 g/mol. The van der Waals surface area contributed by atoms with Crippen LogP contribution in [0.1, 0.15) is 17.5 Å². The van der Waals surface area contributed by atoms with Gasteiger partial charge in [0.25, 0.3) is 0 Å². The topological polar surface area (TPSA) is 58.0 Å². The van der Waals surface area contributed by atoms with Gasteiger partial charge in [-0.2, -0.15) is 0 Å². The Morgan fingerprint density at radius 3 is 3.05 bits per heavy atom. The predicted octanol–water partition coefficient (Wildman–Crippen LogP) is 1.93. The molecule has 1 atom stereocenters. The summed E-state index contributed by atoms with van der Waals surface area (Å²) in [4.78, 5) is 8.53. The maximum Gasteiger partial charge on any atom is 0.127 e. The first-order chi connectivity index (χ1) is 9.22. The molecule has 2 N–H and O–H groups in total. The summed E-state index contributed by atoms with van der Waals surface area (Å²) in [5.74, 6) is 0.946. The van der Waals surface area contributed by atoms with E-state index in [0.29, 0.717) is 6.61 Å². The predicted molar refractivity (Wildman–Crippen MR) is 78.9 cm³/mol. The number of ether oxygens (including phenoxy) is 1. The molecule has 0 saturated carbocycles. The maximum atomic E-state index is 5.13. The van der Waals surface area contributed by atoms with E-state index in [4.69, 9.17) is 4.74 Å². The molecular formula is C14H20N4O. The molecule has 0 radical (unpaired) electrons. The first-order valence-corrected chi connectivity index (χ1v) is 6.31. The van der Waals surface area contributed by atoms with Crippen molar-refractivity contribution in [3.63, 3.8) is 0 Å². The van der Waals surface area contributed by atoms with Crippen molar-refractivity contribution in [1.29, 1.82) is 0 Å². The molecule has 5 heteroatoms. The van der Waals surface area contributed by atoms with Gasteiger partial charge in [0.1, 0.15) is 12.0 Å². The van der Waals surface area contributed by atoms with Gasteiger partial charge < -0.3 is 15.4 Å². The number of methoxy groups -OCH3 is 1. The third-order valence-corrected chi connectivity index (χ3v) is 3.07. The van der Waals surface area contributed by atoms with E-state index in [1.807, 2.05) is 0 Å². The number of hydrogen-bond acceptors (Lipinski definition) is 4. The SMILES string of the molecule is CN=C1CC(Nc2ccc(COC)cc2C)N=CN1. The zero-order valence-electron chi connectivity index (χ0n) is 11.6. The highest BCUT2D eigenvalue weighted by molar-refractivity contribution is 5.94. The number of rotatable bonds is 4. The number of hydrogen-bond donors (Lipinski definition) is 2. The second-order valence-electron chi connectivity index (χ2n) is 4.54. The summed E-state index contributed by atoms with van der Waals surface area (Å²) < 4.78 is 5.13. The van der Waals surface area contributed by atoms with Gasteiger partial charge in [-0.1, -0.05) is 12.1 Å². The molecule has 1 aromatic carbocycles. The van der Waals surface area contributed by atoms with E-state index >= 15 is 0 Å². The monoisotopic (exact) mass is 260 g/mol. The second-order valence-corrected chi connectivity index (χ2v) is 4.54. The Kier molecular flexibility index (Phi) is 4.52. The first kappa shape index (κ1) is 13.5. The molecule has 1 aromatic rings. The molecule has 0 fully saturated rings. The summed E-state index contributed by atoms with van der Waals surface area (Å²) in [6, 6.07) is 6.27. The molecule has 0 saturated heterocycles. The molecule has 2 rings (SSSR count). The highest BCUT2D eigenvalue weighted by atomic mass is 16.5. The van der Waals surface area contributed by atoms with Crippen LogP contribution in [-0.4, -0.2) is 32.5 Å². The number of benzene rings is 1. The van der Waals surface area contributed by atoms with Crippen LogP contribution in [0.25, 0.3) is 0 Å². The van der Waals surface area contributed by atoms with Crippen LogP contribution in [0.4, 0.5) is 5.69 Å². The summed E-state index contributed by atoms with van der Waals surface area (Å²) in [6.45, 7) is 2.72. The molecule has 19 heavy (non-hydrogen) atoms. The minimum Gasteiger partial charge on any atom is -0.380 e. The Morgan fingerprint density at radius 2 is 2.37 bits per heavy atom. The first-order valence-electron chi connectivity index (χ1n) is 6.31. The highest BCUT2D eigenvalue weighted by Gasteiger charge is 2.14. The fourth-order valence-corrected chi connectivity index (χ4v) is 2.06. The Hall–Kier alpha value is -1.88. The zero-order valence-corrected chi connectivity index (χ0v) is 11.6. The summed E-state index contributed by atoms with van der Waals surface area (Å²) in [7, 11) is 3.49. The van der Waals surface area contributed by atoms with Gasteiger partial charge in [0.2, 0.25) is 0 Å². The molecule has 0 spiro atoms. The van der Waals surface area contributed by atoms with E-state index in [-0.39, 0.29) is 6.17 Å². The molecule has 1 unspecified atom stereocenters. The van der Waals surface area contributed by atoms with E-state index in [1.165, 1.54) is 11.1 Å². The van der Waals surface area contributed by atoms with E-state index in [2.05, 4.69) is 45.7 Å². The normalized spacial score (nSPS) is 20.4. The third kappa shape index (κ3) is 3.54. The highest BCUT2D eigenvalue weighted by Crippen LogP contribution is 2.19. The van der Waals surface area contributed by atoms with Gasteiger partial charge in [-0.25, -0.2) is 0 Å². The number of nitrogens with zero attached hydrogens (tertiary/aromatic N) is 2. The molecule has 1 aliphatic rings. The van der Waals surface area contributed by atoms with Crippen LogP contribution in [0.15, 0.2) is 28.2 Å². The van der Waals surface area contributed by atoms with Crippen molar-refractivity contribution in [3.8, 4) is 0 Å². The lowest BCUT2D eigenvalue weighted by atomic mass is 10.1. The number of amidine groups is 1. The lowest BCUT2D eigenvalue weighted by Gasteiger charge is -2.21. The van der Waals surface area contributed by atoms with Crippen molar-refractivity contribution >= 4 is 17.9 Å². The van der Waals surface area contributed by atoms with Gasteiger partial charge in [0, 0.05) is 26.3 Å². The molecule has 0 amide bonds. The number of aryl methyl sites for hydroxylation is 1. The van der Waals surface area contributed by atoms with Gasteiger partial charge in [0.15, 0.2) is 0 Å². The number of anilines is 1. The summed E-state index contributed by atoms with van der Waals surface area (Å²) >= 11 is 0. The molecule has 1 aliphatic heterocycles. The maximum absolute atomic E-state index is 5.13. The van der Waals surface area contributed by atoms with Crippen LogP contribution in [0.2, 0.25) is 0 Å². The van der Waals surface area contributed by atoms with Crippen molar-refractivity contribution in [3.05, 3.63) is 29.3 Å². The second kappa shape index (κ2) is 6.33. The van der Waals surface area contributed by atoms with Crippen LogP contribution in [-0.2, 0) is 11.3 Å². The third-order valence-electron chi connectivity index (χ3n) is 3.07. The van der Waals surface area contributed by atoms with Crippen molar-refractivity contribution in [2.75, 3.05) is 19.5 Å². The molecule has 5 nitrogen and oxygen atoms in total. The van der Waals surface area contributed by atoms with Crippen LogP contribution in [0, 0.1) is 6.92 Å². The molecule has 1 heterocycles. The van der Waals surface area contributed by atoms with E-state index in [1.54, 1.807) is 20.5 Å². The Balaban J connectivity index is 2.07. The molecule has 0 aliphatic carbocycles.